The van der Waals surface area contributed by atoms with Gasteiger partial charge < -0.3 is 5.11 Å². The Labute approximate surface area is 63.5 Å². The van der Waals surface area contributed by atoms with Crippen molar-refractivity contribution in [3.8, 4) is 12.3 Å². The molecule has 0 bridgehead atoms. The summed E-state index contributed by atoms with van der Waals surface area (Å²) in [6.07, 6.45) is 9.15. The molecule has 58 valence electrons. The molecule has 0 aliphatic carbocycles. The summed E-state index contributed by atoms with van der Waals surface area (Å²) >= 11 is 0. The SMILES string of the molecule is C#CCC(C)CCCCO. The molecule has 1 heteroatoms. The molecule has 0 aliphatic heterocycles. The van der Waals surface area contributed by atoms with E-state index in [0.717, 1.165) is 25.7 Å². The molecule has 1 unspecified atom stereocenters. The van der Waals surface area contributed by atoms with Crippen molar-refractivity contribution in [3.05, 3.63) is 0 Å². The second-order valence-corrected chi connectivity index (χ2v) is 2.73. The molecule has 0 aliphatic rings. The molecule has 1 N–H and O–H groups in total. The maximum absolute atomic E-state index is 8.47. The zero-order valence-electron chi connectivity index (χ0n) is 6.64. The van der Waals surface area contributed by atoms with E-state index in [1.165, 1.54) is 0 Å². The molecule has 0 fully saturated rings. The van der Waals surface area contributed by atoms with Crippen molar-refractivity contribution < 1.29 is 5.11 Å². The second-order valence-electron chi connectivity index (χ2n) is 2.73. The van der Waals surface area contributed by atoms with Crippen molar-refractivity contribution in [1.29, 1.82) is 0 Å². The molecule has 10 heavy (non-hydrogen) atoms. The van der Waals surface area contributed by atoms with Gasteiger partial charge in [-0.1, -0.05) is 13.3 Å². The average molecular weight is 140 g/mol. The third-order valence-corrected chi connectivity index (χ3v) is 1.57. The predicted molar refractivity (Wildman–Crippen MR) is 43.6 cm³/mol. The van der Waals surface area contributed by atoms with Gasteiger partial charge in [-0.3, -0.25) is 0 Å². The van der Waals surface area contributed by atoms with E-state index in [1.54, 1.807) is 0 Å². The number of hydrogen-bond donors (Lipinski definition) is 1. The highest BCUT2D eigenvalue weighted by Gasteiger charge is 1.97. The van der Waals surface area contributed by atoms with Crippen molar-refractivity contribution in [2.45, 2.75) is 32.6 Å². The van der Waals surface area contributed by atoms with Gasteiger partial charge in [-0.15, -0.1) is 12.3 Å². The van der Waals surface area contributed by atoms with Crippen LogP contribution in [0.1, 0.15) is 32.6 Å². The predicted octanol–water partition coefficient (Wildman–Crippen LogP) is 1.81. The van der Waals surface area contributed by atoms with E-state index in [-0.39, 0.29) is 0 Å². The van der Waals surface area contributed by atoms with Crippen LogP contribution >= 0.6 is 0 Å². The second kappa shape index (κ2) is 6.64. The first kappa shape index (κ1) is 9.52. The Morgan fingerprint density at radius 3 is 2.70 bits per heavy atom. The van der Waals surface area contributed by atoms with E-state index in [1.807, 2.05) is 0 Å². The van der Waals surface area contributed by atoms with E-state index >= 15 is 0 Å². The normalized spacial score (nSPS) is 12.5. The van der Waals surface area contributed by atoms with E-state index in [9.17, 15) is 0 Å². The van der Waals surface area contributed by atoms with Crippen LogP contribution in [0.4, 0.5) is 0 Å². The summed E-state index contributed by atoms with van der Waals surface area (Å²) in [6.45, 7) is 2.46. The largest absolute Gasteiger partial charge is 0.396 e. The minimum atomic E-state index is 0.308. The van der Waals surface area contributed by atoms with Gasteiger partial charge in [0.15, 0.2) is 0 Å². The molecule has 0 aromatic heterocycles. The summed E-state index contributed by atoms with van der Waals surface area (Å²) in [5.41, 5.74) is 0. The molecule has 1 nitrogen and oxygen atoms in total. The van der Waals surface area contributed by atoms with Crippen LogP contribution in [0.2, 0.25) is 0 Å². The number of terminal acetylenes is 1. The molecule has 0 amide bonds. The van der Waals surface area contributed by atoms with Crippen LogP contribution in [0.15, 0.2) is 0 Å². The van der Waals surface area contributed by atoms with Gasteiger partial charge in [0.05, 0.1) is 0 Å². The Kier molecular flexibility index (Phi) is 6.32. The average Bonchev–Trinajstić information content (AvgIpc) is 1.89. The molecule has 0 aromatic carbocycles. The van der Waals surface area contributed by atoms with Crippen molar-refractivity contribution in [1.82, 2.24) is 0 Å². The van der Waals surface area contributed by atoms with Crippen molar-refractivity contribution in [2.24, 2.45) is 5.92 Å². The Balaban J connectivity index is 3.06. The lowest BCUT2D eigenvalue weighted by atomic mass is 10.0. The van der Waals surface area contributed by atoms with Crippen LogP contribution in [-0.4, -0.2) is 11.7 Å². The highest BCUT2D eigenvalue weighted by atomic mass is 16.2. The van der Waals surface area contributed by atoms with Gasteiger partial charge in [0.2, 0.25) is 0 Å². The van der Waals surface area contributed by atoms with E-state index in [4.69, 9.17) is 11.5 Å². The Morgan fingerprint density at radius 2 is 2.20 bits per heavy atom. The molecule has 0 spiro atoms. The van der Waals surface area contributed by atoms with Gasteiger partial charge in [-0.2, -0.15) is 0 Å². The van der Waals surface area contributed by atoms with Gasteiger partial charge in [0.1, 0.15) is 0 Å². The highest BCUT2D eigenvalue weighted by Crippen LogP contribution is 2.10. The lowest BCUT2D eigenvalue weighted by Gasteiger charge is -2.04. The fourth-order valence-corrected chi connectivity index (χ4v) is 0.908. The maximum atomic E-state index is 8.47. The zero-order chi connectivity index (χ0) is 7.82. The maximum Gasteiger partial charge on any atom is 0.0431 e. The first-order valence-electron chi connectivity index (χ1n) is 3.85. The van der Waals surface area contributed by atoms with Gasteiger partial charge in [0, 0.05) is 13.0 Å². The molecule has 1 atom stereocenters. The zero-order valence-corrected chi connectivity index (χ0v) is 6.64. The molecular weight excluding hydrogens is 124 g/mol. The summed E-state index contributed by atoms with van der Waals surface area (Å²) in [7, 11) is 0. The Morgan fingerprint density at radius 1 is 1.50 bits per heavy atom. The van der Waals surface area contributed by atoms with Crippen molar-refractivity contribution in [2.75, 3.05) is 6.61 Å². The van der Waals surface area contributed by atoms with Gasteiger partial charge in [-0.05, 0) is 18.8 Å². The Bertz CT molecular complexity index is 102. The van der Waals surface area contributed by atoms with Gasteiger partial charge in [0.25, 0.3) is 0 Å². The summed E-state index contributed by atoms with van der Waals surface area (Å²) in [6, 6.07) is 0. The number of rotatable bonds is 5. The van der Waals surface area contributed by atoms with Gasteiger partial charge in [-0.25, -0.2) is 0 Å². The lowest BCUT2D eigenvalue weighted by molar-refractivity contribution is 0.279. The van der Waals surface area contributed by atoms with Gasteiger partial charge >= 0.3 is 0 Å². The standard InChI is InChI=1S/C9H16O/c1-3-6-9(2)7-4-5-8-10/h1,9-10H,4-8H2,2H3. The number of hydrogen-bond acceptors (Lipinski definition) is 1. The van der Waals surface area contributed by atoms with Crippen LogP contribution in [0.3, 0.4) is 0 Å². The Hall–Kier alpha value is -0.480. The number of aliphatic hydroxyl groups is 1. The van der Waals surface area contributed by atoms with Crippen molar-refractivity contribution in [3.63, 3.8) is 0 Å². The minimum absolute atomic E-state index is 0.308. The molecule has 0 saturated carbocycles. The topological polar surface area (TPSA) is 20.2 Å². The molecular formula is C9H16O. The fraction of sp³-hybridized carbons (Fsp3) is 0.778. The van der Waals surface area contributed by atoms with E-state index in [2.05, 4.69) is 12.8 Å². The minimum Gasteiger partial charge on any atom is -0.396 e. The summed E-state index contributed by atoms with van der Waals surface area (Å²) in [5, 5.41) is 8.47. The van der Waals surface area contributed by atoms with Crippen LogP contribution in [0.5, 0.6) is 0 Å². The molecule has 0 heterocycles. The summed E-state index contributed by atoms with van der Waals surface area (Å²) in [4.78, 5) is 0. The first-order valence-corrected chi connectivity index (χ1v) is 3.85. The van der Waals surface area contributed by atoms with Crippen LogP contribution in [0, 0.1) is 18.3 Å². The number of aliphatic hydroxyl groups excluding tert-OH is 1. The fourth-order valence-electron chi connectivity index (χ4n) is 0.908. The molecule has 0 saturated heterocycles. The van der Waals surface area contributed by atoms with Crippen LogP contribution < -0.4 is 0 Å². The van der Waals surface area contributed by atoms with Crippen LogP contribution in [-0.2, 0) is 0 Å². The number of unbranched alkanes of at least 4 members (excludes halogenated alkanes) is 1. The first-order chi connectivity index (χ1) is 4.81. The third-order valence-electron chi connectivity index (χ3n) is 1.57. The summed E-state index contributed by atoms with van der Waals surface area (Å²) < 4.78 is 0. The molecule has 0 aromatic rings. The van der Waals surface area contributed by atoms with E-state index < -0.39 is 0 Å². The molecule has 0 radical (unpaired) electrons. The van der Waals surface area contributed by atoms with E-state index in [0.29, 0.717) is 12.5 Å². The smallest absolute Gasteiger partial charge is 0.0431 e. The van der Waals surface area contributed by atoms with Crippen LogP contribution in [0.25, 0.3) is 0 Å². The third kappa shape index (κ3) is 5.65. The monoisotopic (exact) mass is 140 g/mol. The highest BCUT2D eigenvalue weighted by molar-refractivity contribution is 4.85. The lowest BCUT2D eigenvalue weighted by Crippen LogP contribution is -1.93. The summed E-state index contributed by atoms with van der Waals surface area (Å²) in [5.74, 6) is 3.25. The molecule has 0 rings (SSSR count). The quantitative estimate of drug-likeness (QED) is 0.456. The van der Waals surface area contributed by atoms with Crippen molar-refractivity contribution >= 4 is 0 Å².